The number of hydrogen-bond donors (Lipinski definition) is 2. The highest BCUT2D eigenvalue weighted by molar-refractivity contribution is 7.89. The number of rotatable bonds is 5. The molecule has 0 bridgehead atoms. The van der Waals surface area contributed by atoms with Crippen molar-refractivity contribution in [2.24, 2.45) is 5.73 Å². The van der Waals surface area contributed by atoms with E-state index in [1.165, 1.54) is 17.4 Å². The van der Waals surface area contributed by atoms with E-state index in [0.717, 1.165) is 11.1 Å². The van der Waals surface area contributed by atoms with Gasteiger partial charge >= 0.3 is 0 Å². The molecule has 0 aliphatic rings. The fourth-order valence-electron chi connectivity index (χ4n) is 1.85. The smallest absolute Gasteiger partial charge is 0.241 e. The molecule has 1 aromatic carbocycles. The molecular weight excluding hydrogens is 316 g/mol. The highest BCUT2D eigenvalue weighted by atomic mass is 35.5. The number of benzene rings is 1. The predicted octanol–water partition coefficient (Wildman–Crippen LogP) is 2.65. The van der Waals surface area contributed by atoms with Crippen molar-refractivity contribution in [2.75, 3.05) is 0 Å². The highest BCUT2D eigenvalue weighted by Gasteiger charge is 2.19. The third-order valence-corrected chi connectivity index (χ3v) is 5.47. The second kappa shape index (κ2) is 6.24. The van der Waals surface area contributed by atoms with Crippen molar-refractivity contribution in [2.45, 2.75) is 24.9 Å². The van der Waals surface area contributed by atoms with Crippen LogP contribution in [0.15, 0.2) is 33.9 Å². The largest absolute Gasteiger partial charge is 0.326 e. The molecule has 3 N–H and O–H groups in total. The zero-order valence-corrected chi connectivity index (χ0v) is 13.3. The molecule has 2 aromatic rings. The first-order chi connectivity index (χ1) is 9.44. The van der Waals surface area contributed by atoms with Crippen LogP contribution in [-0.4, -0.2) is 8.42 Å². The number of nitrogens with one attached hydrogen (secondary N) is 1. The van der Waals surface area contributed by atoms with Crippen LogP contribution in [0.5, 0.6) is 0 Å². The lowest BCUT2D eigenvalue weighted by Crippen LogP contribution is -2.24. The summed E-state index contributed by atoms with van der Waals surface area (Å²) in [6.07, 6.45) is 0. The van der Waals surface area contributed by atoms with Crippen molar-refractivity contribution in [3.8, 4) is 0 Å². The second-order valence-corrected chi connectivity index (χ2v) is 7.30. The average molecular weight is 331 g/mol. The van der Waals surface area contributed by atoms with E-state index in [4.69, 9.17) is 17.3 Å². The number of thiophene rings is 1. The molecule has 0 radical (unpaired) electrons. The Bertz CT molecular complexity index is 697. The number of sulfonamides is 1. The lowest BCUT2D eigenvalue weighted by Gasteiger charge is -2.12. The summed E-state index contributed by atoms with van der Waals surface area (Å²) in [5, 5.41) is 4.17. The van der Waals surface area contributed by atoms with E-state index in [1.54, 1.807) is 13.0 Å². The summed E-state index contributed by atoms with van der Waals surface area (Å²) in [7, 11) is -3.61. The summed E-state index contributed by atoms with van der Waals surface area (Å²) in [5.74, 6) is 0. The zero-order valence-electron chi connectivity index (χ0n) is 10.9. The van der Waals surface area contributed by atoms with Gasteiger partial charge in [0.25, 0.3) is 0 Å². The summed E-state index contributed by atoms with van der Waals surface area (Å²) in [6, 6.07) is 5.02. The van der Waals surface area contributed by atoms with Gasteiger partial charge in [-0.05, 0) is 52.6 Å². The molecule has 108 valence electrons. The van der Waals surface area contributed by atoms with Gasteiger partial charge in [0.15, 0.2) is 0 Å². The van der Waals surface area contributed by atoms with Crippen molar-refractivity contribution in [1.29, 1.82) is 0 Å². The summed E-state index contributed by atoms with van der Waals surface area (Å²) in [5.41, 5.74) is 7.90. The molecule has 0 aliphatic carbocycles. The first kappa shape index (κ1) is 15.5. The van der Waals surface area contributed by atoms with Crippen LogP contribution < -0.4 is 10.5 Å². The van der Waals surface area contributed by atoms with Crippen molar-refractivity contribution in [1.82, 2.24) is 4.72 Å². The van der Waals surface area contributed by atoms with Gasteiger partial charge in [0, 0.05) is 18.1 Å². The van der Waals surface area contributed by atoms with Gasteiger partial charge in [-0.15, -0.1) is 0 Å². The molecule has 7 heteroatoms. The molecule has 0 amide bonds. The Labute approximate surface area is 127 Å². The molecule has 2 rings (SSSR count). The van der Waals surface area contributed by atoms with E-state index in [-0.39, 0.29) is 18.0 Å². The highest BCUT2D eigenvalue weighted by Crippen LogP contribution is 2.24. The molecule has 0 saturated carbocycles. The zero-order chi connectivity index (χ0) is 14.8. The van der Waals surface area contributed by atoms with Gasteiger partial charge in [-0.25, -0.2) is 13.1 Å². The summed E-state index contributed by atoms with van der Waals surface area (Å²) in [6.45, 7) is 2.24. The minimum absolute atomic E-state index is 0.181. The first-order valence-corrected chi connectivity index (χ1v) is 8.74. The van der Waals surface area contributed by atoms with Gasteiger partial charge in [0.2, 0.25) is 10.0 Å². The van der Waals surface area contributed by atoms with Crippen molar-refractivity contribution >= 4 is 33.0 Å². The summed E-state index contributed by atoms with van der Waals surface area (Å²) >= 11 is 7.49. The molecule has 0 spiro atoms. The molecule has 0 saturated heterocycles. The third-order valence-electron chi connectivity index (χ3n) is 2.99. The van der Waals surface area contributed by atoms with Crippen LogP contribution in [0.2, 0.25) is 5.02 Å². The maximum absolute atomic E-state index is 12.4. The molecule has 1 heterocycles. The van der Waals surface area contributed by atoms with E-state index in [9.17, 15) is 8.42 Å². The Morgan fingerprint density at radius 2 is 2.15 bits per heavy atom. The fourth-order valence-corrected chi connectivity index (χ4v) is 4.15. The molecule has 0 atom stereocenters. The van der Waals surface area contributed by atoms with E-state index >= 15 is 0 Å². The number of halogens is 1. The minimum atomic E-state index is -3.61. The Balaban J connectivity index is 2.31. The van der Waals surface area contributed by atoms with Crippen molar-refractivity contribution in [3.05, 3.63) is 50.7 Å². The van der Waals surface area contributed by atoms with Gasteiger partial charge in [-0.1, -0.05) is 11.6 Å². The molecule has 0 aliphatic heterocycles. The minimum Gasteiger partial charge on any atom is -0.326 e. The predicted molar refractivity (Wildman–Crippen MR) is 82.4 cm³/mol. The molecular formula is C13H15ClN2O2S2. The van der Waals surface area contributed by atoms with Crippen molar-refractivity contribution in [3.63, 3.8) is 0 Å². The maximum atomic E-state index is 12.4. The van der Waals surface area contributed by atoms with Gasteiger partial charge in [0.1, 0.15) is 0 Å². The quantitative estimate of drug-likeness (QED) is 0.885. The van der Waals surface area contributed by atoms with Crippen LogP contribution in [0.25, 0.3) is 0 Å². The van der Waals surface area contributed by atoms with Crippen LogP contribution in [0.1, 0.15) is 16.7 Å². The maximum Gasteiger partial charge on any atom is 0.241 e. The fraction of sp³-hybridized carbons (Fsp3) is 0.231. The van der Waals surface area contributed by atoms with E-state index in [0.29, 0.717) is 10.6 Å². The van der Waals surface area contributed by atoms with E-state index < -0.39 is 10.0 Å². The molecule has 4 nitrogen and oxygen atoms in total. The van der Waals surface area contributed by atoms with Crippen molar-refractivity contribution < 1.29 is 8.42 Å². The molecule has 1 aromatic heterocycles. The standard InChI is InChI=1S/C13H15ClN2O2S2/c1-9-11(6-15)4-12(14)5-13(9)20(17,18)16-7-10-2-3-19-8-10/h2-5,8,16H,6-7,15H2,1H3. The lowest BCUT2D eigenvalue weighted by molar-refractivity contribution is 0.580. The van der Waals surface area contributed by atoms with Crippen LogP contribution in [0, 0.1) is 6.92 Å². The van der Waals surface area contributed by atoms with E-state index in [2.05, 4.69) is 4.72 Å². The van der Waals surface area contributed by atoms with E-state index in [1.807, 2.05) is 16.8 Å². The van der Waals surface area contributed by atoms with Gasteiger partial charge in [-0.3, -0.25) is 0 Å². The Kier molecular flexibility index (Phi) is 4.82. The lowest BCUT2D eigenvalue weighted by atomic mass is 10.1. The average Bonchev–Trinajstić information content (AvgIpc) is 2.92. The monoisotopic (exact) mass is 330 g/mol. The molecule has 20 heavy (non-hydrogen) atoms. The van der Waals surface area contributed by atoms with Crippen LogP contribution >= 0.6 is 22.9 Å². The third kappa shape index (κ3) is 3.39. The summed E-state index contributed by atoms with van der Waals surface area (Å²) in [4.78, 5) is 0.181. The van der Waals surface area contributed by atoms with Gasteiger partial charge in [-0.2, -0.15) is 11.3 Å². The Morgan fingerprint density at radius 3 is 2.75 bits per heavy atom. The first-order valence-electron chi connectivity index (χ1n) is 5.94. The number of nitrogens with two attached hydrogens (primary N) is 1. The second-order valence-electron chi connectivity index (χ2n) is 4.35. The normalized spacial score (nSPS) is 11.8. The van der Waals surface area contributed by atoms with Gasteiger partial charge in [0.05, 0.1) is 4.90 Å². The van der Waals surface area contributed by atoms with Crippen LogP contribution in [0.3, 0.4) is 0 Å². The molecule has 0 fully saturated rings. The SMILES string of the molecule is Cc1c(CN)cc(Cl)cc1S(=O)(=O)NCc1ccsc1. The molecule has 0 unspecified atom stereocenters. The Hall–Kier alpha value is -0.920. The summed E-state index contributed by atoms with van der Waals surface area (Å²) < 4.78 is 27.3. The van der Waals surface area contributed by atoms with Gasteiger partial charge < -0.3 is 5.73 Å². The number of hydrogen-bond acceptors (Lipinski definition) is 4. The Morgan fingerprint density at radius 1 is 1.40 bits per heavy atom. The van der Waals surface area contributed by atoms with Crippen LogP contribution in [-0.2, 0) is 23.1 Å². The van der Waals surface area contributed by atoms with Crippen LogP contribution in [0.4, 0.5) is 0 Å². The topological polar surface area (TPSA) is 72.2 Å².